The van der Waals surface area contributed by atoms with Gasteiger partial charge in [-0.2, -0.15) is 0 Å². The molecule has 0 aromatic carbocycles. The van der Waals surface area contributed by atoms with Crippen molar-refractivity contribution in [2.24, 2.45) is 5.92 Å². The first-order chi connectivity index (χ1) is 12.2. The smallest absolute Gasteiger partial charge is 0.405 e. The molecule has 1 saturated carbocycles. The highest BCUT2D eigenvalue weighted by atomic mass is 79.9. The number of nitrogens with one attached hydrogen (secondary N) is 2. The van der Waals surface area contributed by atoms with Gasteiger partial charge in [-0.1, -0.05) is 0 Å². The van der Waals surface area contributed by atoms with Gasteiger partial charge in [0, 0.05) is 25.3 Å². The van der Waals surface area contributed by atoms with Crippen LogP contribution in [0.5, 0.6) is 0 Å². The van der Waals surface area contributed by atoms with Crippen molar-refractivity contribution in [3.05, 3.63) is 21.9 Å². The van der Waals surface area contributed by atoms with E-state index in [2.05, 4.69) is 36.4 Å². The fourth-order valence-electron chi connectivity index (χ4n) is 3.55. The van der Waals surface area contributed by atoms with Crippen molar-refractivity contribution in [1.82, 2.24) is 15.6 Å². The van der Waals surface area contributed by atoms with Crippen LogP contribution in [0.4, 0.5) is 10.5 Å². The number of anilines is 1. The van der Waals surface area contributed by atoms with Crippen LogP contribution in [0, 0.1) is 12.8 Å². The number of carboxylic acid groups (broad SMARTS) is 1. The molecule has 1 aromatic heterocycles. The van der Waals surface area contributed by atoms with Crippen molar-refractivity contribution in [3.63, 3.8) is 0 Å². The average molecular weight is 425 g/mol. The van der Waals surface area contributed by atoms with E-state index >= 15 is 0 Å². The minimum Gasteiger partial charge on any atom is -0.465 e. The molecule has 2 amide bonds. The Hall–Kier alpha value is -1.83. The lowest BCUT2D eigenvalue weighted by molar-refractivity contribution is 0.0935. The molecule has 0 unspecified atom stereocenters. The first kappa shape index (κ1) is 18.9. The van der Waals surface area contributed by atoms with E-state index in [1.54, 1.807) is 6.20 Å². The van der Waals surface area contributed by atoms with E-state index in [-0.39, 0.29) is 11.9 Å². The van der Waals surface area contributed by atoms with E-state index in [1.807, 2.05) is 20.8 Å². The summed E-state index contributed by atoms with van der Waals surface area (Å²) in [5, 5.41) is 14.8. The van der Waals surface area contributed by atoms with Gasteiger partial charge in [0.05, 0.1) is 27.0 Å². The minimum atomic E-state index is -1.03. The lowest BCUT2D eigenvalue weighted by Crippen LogP contribution is -2.47. The third-order valence-corrected chi connectivity index (χ3v) is 6.25. The number of hydrogen-bond acceptors (Lipinski definition) is 4. The highest BCUT2D eigenvalue weighted by Crippen LogP contribution is 2.37. The average Bonchev–Trinajstić information content (AvgIpc) is 3.33. The SMILES string of the molecule is Cc1ncc(C(=O)N[C@@H](C)C2CC2)c(N2CC[C@](C)(NC(=O)O)C2)c1Br. The van der Waals surface area contributed by atoms with Gasteiger partial charge < -0.3 is 20.6 Å². The molecule has 142 valence electrons. The number of carbonyl (C=O) groups is 2. The predicted molar refractivity (Wildman–Crippen MR) is 103 cm³/mol. The molecule has 1 aliphatic heterocycles. The Morgan fingerprint density at radius 2 is 2.15 bits per heavy atom. The number of hydrogen-bond donors (Lipinski definition) is 3. The molecule has 7 nitrogen and oxygen atoms in total. The van der Waals surface area contributed by atoms with Crippen LogP contribution in [0.25, 0.3) is 0 Å². The molecule has 0 spiro atoms. The summed E-state index contributed by atoms with van der Waals surface area (Å²) in [6.07, 6.45) is 3.58. The van der Waals surface area contributed by atoms with Crippen molar-refractivity contribution in [1.29, 1.82) is 0 Å². The van der Waals surface area contributed by atoms with Crippen LogP contribution >= 0.6 is 15.9 Å². The van der Waals surface area contributed by atoms with E-state index in [9.17, 15) is 9.59 Å². The summed E-state index contributed by atoms with van der Waals surface area (Å²) < 4.78 is 0.781. The summed E-state index contributed by atoms with van der Waals surface area (Å²) in [5.41, 5.74) is 1.56. The second kappa shape index (κ2) is 7.06. The third kappa shape index (κ3) is 3.95. The number of carbonyl (C=O) groups excluding carboxylic acids is 1. The largest absolute Gasteiger partial charge is 0.465 e. The van der Waals surface area contributed by atoms with Crippen LogP contribution in [-0.2, 0) is 0 Å². The van der Waals surface area contributed by atoms with E-state index in [0.717, 1.165) is 28.7 Å². The maximum absolute atomic E-state index is 12.9. The van der Waals surface area contributed by atoms with Crippen LogP contribution in [0.15, 0.2) is 10.7 Å². The van der Waals surface area contributed by atoms with E-state index in [1.165, 1.54) is 0 Å². The molecular formula is C18H25BrN4O3. The molecule has 2 atom stereocenters. The lowest BCUT2D eigenvalue weighted by atomic mass is 10.0. The normalized spacial score (nSPS) is 23.6. The summed E-state index contributed by atoms with van der Waals surface area (Å²) in [6.45, 7) is 6.97. The number of amides is 2. The van der Waals surface area contributed by atoms with Crippen molar-refractivity contribution < 1.29 is 14.7 Å². The van der Waals surface area contributed by atoms with E-state index in [4.69, 9.17) is 5.11 Å². The summed E-state index contributed by atoms with van der Waals surface area (Å²) in [7, 11) is 0. The predicted octanol–water partition coefficient (Wildman–Crippen LogP) is 2.92. The molecular weight excluding hydrogens is 400 g/mol. The Bertz CT molecular complexity index is 737. The van der Waals surface area contributed by atoms with Gasteiger partial charge in [0.2, 0.25) is 0 Å². The number of pyridine rings is 1. The Balaban J connectivity index is 1.87. The summed E-state index contributed by atoms with van der Waals surface area (Å²) >= 11 is 3.58. The van der Waals surface area contributed by atoms with Crippen LogP contribution in [0.1, 0.15) is 49.2 Å². The molecule has 2 aliphatic rings. The van der Waals surface area contributed by atoms with Crippen LogP contribution in [-0.4, -0.2) is 46.8 Å². The van der Waals surface area contributed by atoms with Crippen molar-refractivity contribution in [2.75, 3.05) is 18.0 Å². The number of aromatic nitrogens is 1. The molecule has 2 heterocycles. The van der Waals surface area contributed by atoms with Crippen LogP contribution in [0.2, 0.25) is 0 Å². The Labute approximate surface area is 161 Å². The van der Waals surface area contributed by atoms with Gasteiger partial charge in [-0.15, -0.1) is 0 Å². The van der Waals surface area contributed by atoms with E-state index < -0.39 is 11.6 Å². The van der Waals surface area contributed by atoms with E-state index in [0.29, 0.717) is 31.0 Å². The maximum atomic E-state index is 12.9. The third-order valence-electron chi connectivity index (χ3n) is 5.30. The first-order valence-corrected chi connectivity index (χ1v) is 9.71. The zero-order valence-electron chi connectivity index (χ0n) is 15.3. The van der Waals surface area contributed by atoms with Crippen LogP contribution in [0.3, 0.4) is 0 Å². The van der Waals surface area contributed by atoms with Gasteiger partial charge in [0.1, 0.15) is 0 Å². The molecule has 3 rings (SSSR count). The van der Waals surface area contributed by atoms with Gasteiger partial charge >= 0.3 is 6.09 Å². The number of rotatable bonds is 5. The fourth-order valence-corrected chi connectivity index (χ4v) is 4.12. The highest BCUT2D eigenvalue weighted by Gasteiger charge is 2.38. The molecule has 1 saturated heterocycles. The van der Waals surface area contributed by atoms with Crippen molar-refractivity contribution in [2.45, 2.75) is 51.6 Å². The monoisotopic (exact) mass is 424 g/mol. The second-order valence-corrected chi connectivity index (χ2v) is 8.47. The van der Waals surface area contributed by atoms with Crippen LogP contribution < -0.4 is 15.5 Å². The van der Waals surface area contributed by atoms with Gasteiger partial charge in [-0.3, -0.25) is 9.78 Å². The van der Waals surface area contributed by atoms with Crippen molar-refractivity contribution >= 4 is 33.6 Å². The minimum absolute atomic E-state index is 0.132. The summed E-state index contributed by atoms with van der Waals surface area (Å²) in [6, 6.07) is 0.146. The molecule has 1 aromatic rings. The summed E-state index contributed by atoms with van der Waals surface area (Å²) in [4.78, 5) is 30.3. The topological polar surface area (TPSA) is 94.6 Å². The molecule has 0 bridgehead atoms. The van der Waals surface area contributed by atoms with Crippen molar-refractivity contribution in [3.8, 4) is 0 Å². The molecule has 0 radical (unpaired) electrons. The first-order valence-electron chi connectivity index (χ1n) is 8.92. The number of nitrogens with zero attached hydrogens (tertiary/aromatic N) is 2. The quantitative estimate of drug-likeness (QED) is 0.675. The highest BCUT2D eigenvalue weighted by molar-refractivity contribution is 9.10. The molecule has 26 heavy (non-hydrogen) atoms. The molecule has 3 N–H and O–H groups in total. The van der Waals surface area contributed by atoms with Gasteiger partial charge in [0.25, 0.3) is 5.91 Å². The second-order valence-electron chi connectivity index (χ2n) is 7.68. The number of aryl methyl sites for hydroxylation is 1. The molecule has 8 heteroatoms. The van der Waals surface area contributed by atoms with Gasteiger partial charge in [-0.25, -0.2) is 4.79 Å². The lowest BCUT2D eigenvalue weighted by Gasteiger charge is -2.28. The number of halogens is 1. The zero-order chi connectivity index (χ0) is 19.1. The Morgan fingerprint density at radius 3 is 2.77 bits per heavy atom. The fraction of sp³-hybridized carbons (Fsp3) is 0.611. The molecule has 1 aliphatic carbocycles. The maximum Gasteiger partial charge on any atom is 0.405 e. The Morgan fingerprint density at radius 1 is 1.46 bits per heavy atom. The molecule has 2 fully saturated rings. The zero-order valence-corrected chi connectivity index (χ0v) is 16.9. The Kier molecular flexibility index (Phi) is 5.14. The summed E-state index contributed by atoms with van der Waals surface area (Å²) in [5.74, 6) is 0.437. The standard InChI is InChI=1S/C18H25BrN4O3/c1-10(12-4-5-12)21-16(24)13-8-20-11(2)14(19)15(13)23-7-6-18(3,9-23)22-17(25)26/h8,10,12,22H,4-7,9H2,1-3H3,(H,21,24)(H,25,26)/t10-,18-/m0/s1. The van der Waals surface area contributed by atoms with Gasteiger partial charge in [-0.05, 0) is 61.9 Å². The van der Waals surface area contributed by atoms with Gasteiger partial charge in [0.15, 0.2) is 0 Å².